The highest BCUT2D eigenvalue weighted by Crippen LogP contribution is 2.37. The van der Waals surface area contributed by atoms with Gasteiger partial charge in [-0.25, -0.2) is 0 Å². The molecule has 0 aliphatic heterocycles. The summed E-state index contributed by atoms with van der Waals surface area (Å²) in [5, 5.41) is 0. The minimum atomic E-state index is 0.0664. The lowest BCUT2D eigenvalue weighted by Crippen LogP contribution is -1.87. The Morgan fingerprint density at radius 3 is 1.75 bits per heavy atom. The summed E-state index contributed by atoms with van der Waals surface area (Å²) >= 11 is 15.2. The predicted molar refractivity (Wildman–Crippen MR) is 43.7 cm³/mol. The summed E-state index contributed by atoms with van der Waals surface area (Å²) in [5.74, 6) is 0.298. The molecule has 0 bridgehead atoms. The molecule has 0 N–H and O–H groups in total. The summed E-state index contributed by atoms with van der Waals surface area (Å²) in [7, 11) is 0. The third-order valence-electron chi connectivity index (χ3n) is 1.07. The molecule has 66 valence electrons. The third kappa shape index (κ3) is 1.77. The highest BCUT2D eigenvalue weighted by molar-refractivity contribution is 6.12. The lowest BCUT2D eigenvalue weighted by atomic mass is 10.4. The van der Waals surface area contributed by atoms with E-state index in [0.717, 1.165) is 0 Å². The summed E-state index contributed by atoms with van der Waals surface area (Å²) in [6.07, 6.45) is 2.59. The lowest BCUT2D eigenvalue weighted by Gasteiger charge is -2.04. The fraction of sp³-hybridized carbons (Fsp3) is 0. The van der Waals surface area contributed by atoms with Crippen molar-refractivity contribution in [3.05, 3.63) is 12.4 Å². The number of pyridine rings is 1. The van der Waals surface area contributed by atoms with E-state index < -0.39 is 0 Å². The van der Waals surface area contributed by atoms with Gasteiger partial charge < -0.3 is 12.9 Å². The molecule has 0 aromatic carbocycles. The molecular formula is C5H2Cl3NO3. The van der Waals surface area contributed by atoms with Gasteiger partial charge in [0.2, 0.25) is 17.2 Å². The van der Waals surface area contributed by atoms with E-state index in [4.69, 9.17) is 35.6 Å². The van der Waals surface area contributed by atoms with Crippen LogP contribution in [0.1, 0.15) is 0 Å². The fourth-order valence-electron chi connectivity index (χ4n) is 0.597. The average Bonchev–Trinajstić information content (AvgIpc) is 2.16. The van der Waals surface area contributed by atoms with Gasteiger partial charge >= 0.3 is 0 Å². The Hall–Kier alpha value is -0.580. The number of nitrogens with zero attached hydrogens (tertiary/aromatic N) is 1. The van der Waals surface area contributed by atoms with E-state index in [0.29, 0.717) is 0 Å². The molecule has 1 rings (SSSR count). The molecule has 7 heteroatoms. The summed E-state index contributed by atoms with van der Waals surface area (Å²) < 4.78 is 13.1. The lowest BCUT2D eigenvalue weighted by molar-refractivity contribution is 0.502. The van der Waals surface area contributed by atoms with Gasteiger partial charge in [0.25, 0.3) is 0 Å². The van der Waals surface area contributed by atoms with Crippen molar-refractivity contribution in [2.75, 3.05) is 0 Å². The molecule has 1 aromatic heterocycles. The van der Waals surface area contributed by atoms with Crippen molar-refractivity contribution >= 4 is 35.6 Å². The van der Waals surface area contributed by atoms with Crippen molar-refractivity contribution < 1.29 is 12.9 Å². The average molecular weight is 230 g/mol. The molecule has 0 unspecified atom stereocenters. The minimum absolute atomic E-state index is 0.0664. The van der Waals surface area contributed by atoms with Crippen LogP contribution in [0.2, 0.25) is 0 Å². The zero-order chi connectivity index (χ0) is 8.97. The van der Waals surface area contributed by atoms with Crippen molar-refractivity contribution in [2.45, 2.75) is 0 Å². The molecule has 0 aliphatic carbocycles. The molecule has 0 aliphatic rings. The van der Waals surface area contributed by atoms with Crippen LogP contribution in [0.4, 0.5) is 0 Å². The van der Waals surface area contributed by atoms with E-state index in [9.17, 15) is 0 Å². The van der Waals surface area contributed by atoms with Crippen LogP contribution in [0, 0.1) is 0 Å². The second kappa shape index (κ2) is 4.45. The summed E-state index contributed by atoms with van der Waals surface area (Å²) in [4.78, 5) is 3.68. The molecule has 0 saturated heterocycles. The number of aromatic nitrogens is 1. The van der Waals surface area contributed by atoms with Gasteiger partial charge in [-0.3, -0.25) is 4.98 Å². The summed E-state index contributed by atoms with van der Waals surface area (Å²) in [6.45, 7) is 0. The molecule has 0 spiro atoms. The molecule has 12 heavy (non-hydrogen) atoms. The number of rotatable bonds is 3. The van der Waals surface area contributed by atoms with Gasteiger partial charge in [0.1, 0.15) is 35.6 Å². The molecule has 0 fully saturated rings. The topological polar surface area (TPSA) is 40.6 Å². The summed E-state index contributed by atoms with van der Waals surface area (Å²) in [6, 6.07) is 0. The second-order valence-electron chi connectivity index (χ2n) is 1.70. The SMILES string of the molecule is ClOc1cncc(OCl)c1OCl. The summed E-state index contributed by atoms with van der Waals surface area (Å²) in [5.41, 5.74) is 0. The van der Waals surface area contributed by atoms with E-state index in [1.807, 2.05) is 0 Å². The first kappa shape index (κ1) is 9.51. The monoisotopic (exact) mass is 229 g/mol. The molecule has 4 nitrogen and oxygen atoms in total. The highest BCUT2D eigenvalue weighted by Gasteiger charge is 2.13. The van der Waals surface area contributed by atoms with Crippen molar-refractivity contribution in [1.29, 1.82) is 0 Å². The van der Waals surface area contributed by atoms with E-state index in [2.05, 4.69) is 17.9 Å². The van der Waals surface area contributed by atoms with Gasteiger partial charge in [-0.15, -0.1) is 0 Å². The first-order valence-corrected chi connectivity index (χ1v) is 3.59. The van der Waals surface area contributed by atoms with Gasteiger partial charge in [-0.05, 0) is 0 Å². The normalized spacial score (nSPS) is 9.25. The smallest absolute Gasteiger partial charge is 0.237 e. The predicted octanol–water partition coefficient (Wildman–Crippen LogP) is 2.68. The van der Waals surface area contributed by atoms with Crippen LogP contribution in [0.25, 0.3) is 0 Å². The van der Waals surface area contributed by atoms with E-state index in [1.54, 1.807) is 0 Å². The van der Waals surface area contributed by atoms with E-state index in [1.165, 1.54) is 12.4 Å². The zero-order valence-electron chi connectivity index (χ0n) is 5.46. The van der Waals surface area contributed by atoms with E-state index >= 15 is 0 Å². The Bertz CT molecular complexity index is 248. The second-order valence-corrected chi connectivity index (χ2v) is 2.16. The maximum atomic E-state index is 5.09. The Kier molecular flexibility index (Phi) is 3.52. The maximum absolute atomic E-state index is 5.09. The standard InChI is InChI=1S/C5H2Cl3NO3/c6-10-3-1-9-2-4(11-7)5(3)12-8/h1-2H. The van der Waals surface area contributed by atoms with Gasteiger partial charge in [-0.2, -0.15) is 0 Å². The highest BCUT2D eigenvalue weighted by atomic mass is 35.5. The van der Waals surface area contributed by atoms with Crippen LogP contribution >= 0.6 is 35.6 Å². The Morgan fingerprint density at radius 1 is 0.917 bits per heavy atom. The van der Waals surface area contributed by atoms with Crippen LogP contribution in [-0.4, -0.2) is 4.98 Å². The van der Waals surface area contributed by atoms with Gasteiger partial charge in [0, 0.05) is 0 Å². The van der Waals surface area contributed by atoms with Crippen LogP contribution in [-0.2, 0) is 0 Å². The van der Waals surface area contributed by atoms with Gasteiger partial charge in [0.05, 0.1) is 12.4 Å². The quantitative estimate of drug-likeness (QED) is 0.800. The Labute approximate surface area is 83.4 Å². The minimum Gasteiger partial charge on any atom is -0.380 e. The molecular weight excluding hydrogens is 228 g/mol. The Morgan fingerprint density at radius 2 is 1.42 bits per heavy atom. The van der Waals surface area contributed by atoms with Crippen LogP contribution in [0.3, 0.4) is 0 Å². The van der Waals surface area contributed by atoms with Gasteiger partial charge in [-0.1, -0.05) is 0 Å². The van der Waals surface area contributed by atoms with Crippen molar-refractivity contribution in [2.24, 2.45) is 0 Å². The Balaban J connectivity index is 3.13. The van der Waals surface area contributed by atoms with Crippen LogP contribution in [0.5, 0.6) is 17.2 Å². The molecule has 0 radical (unpaired) electrons. The molecule has 0 amide bonds. The number of hydrogen-bond donors (Lipinski definition) is 0. The molecule has 0 saturated carbocycles. The number of hydrogen-bond acceptors (Lipinski definition) is 4. The molecule has 1 heterocycles. The largest absolute Gasteiger partial charge is 0.380 e. The van der Waals surface area contributed by atoms with Crippen molar-refractivity contribution in [3.8, 4) is 17.2 Å². The zero-order valence-corrected chi connectivity index (χ0v) is 7.73. The van der Waals surface area contributed by atoms with Gasteiger partial charge in [0.15, 0.2) is 0 Å². The molecule has 0 atom stereocenters. The third-order valence-corrected chi connectivity index (χ3v) is 1.56. The van der Waals surface area contributed by atoms with Crippen molar-refractivity contribution in [1.82, 2.24) is 4.98 Å². The molecule has 1 aromatic rings. The first-order chi connectivity index (χ1) is 5.83. The maximum Gasteiger partial charge on any atom is 0.237 e. The fourth-order valence-corrected chi connectivity index (χ4v) is 0.969. The van der Waals surface area contributed by atoms with Crippen LogP contribution < -0.4 is 12.9 Å². The van der Waals surface area contributed by atoms with Crippen LogP contribution in [0.15, 0.2) is 12.4 Å². The number of halogens is 3. The first-order valence-electron chi connectivity index (χ1n) is 2.67. The van der Waals surface area contributed by atoms with E-state index in [-0.39, 0.29) is 17.2 Å². The van der Waals surface area contributed by atoms with Crippen molar-refractivity contribution in [3.63, 3.8) is 0 Å².